The van der Waals surface area contributed by atoms with Crippen LogP contribution in [-0.4, -0.2) is 4.98 Å². The summed E-state index contributed by atoms with van der Waals surface area (Å²) in [5, 5.41) is 3.95. The van der Waals surface area contributed by atoms with Gasteiger partial charge in [0.05, 0.1) is 10.2 Å². The zero-order chi connectivity index (χ0) is 8.84. The number of nitrogens with two attached hydrogens (primary N) is 1. The predicted molar refractivity (Wildman–Crippen MR) is 59.4 cm³/mol. The maximum atomic E-state index is 5.66. The highest BCUT2D eigenvalue weighted by atomic mass is 32.1. The first-order chi connectivity index (χ1) is 6.34. The van der Waals surface area contributed by atoms with Crippen LogP contribution in [0.2, 0.25) is 0 Å². The summed E-state index contributed by atoms with van der Waals surface area (Å²) in [5.74, 6) is 0. The fourth-order valence-corrected chi connectivity index (χ4v) is 2.99. The third kappa shape index (κ3) is 0.959. The van der Waals surface area contributed by atoms with Crippen LogP contribution in [0.3, 0.4) is 0 Å². The van der Waals surface area contributed by atoms with E-state index in [9.17, 15) is 0 Å². The van der Waals surface area contributed by atoms with Gasteiger partial charge in [-0.15, -0.1) is 11.3 Å². The molecule has 0 spiro atoms. The Labute approximate surface area is 82.6 Å². The van der Waals surface area contributed by atoms with Gasteiger partial charge in [-0.3, -0.25) is 0 Å². The molecule has 4 heteroatoms. The summed E-state index contributed by atoms with van der Waals surface area (Å²) >= 11 is 3.28. The molecule has 2 N–H and O–H groups in total. The van der Waals surface area contributed by atoms with Crippen molar-refractivity contribution in [1.29, 1.82) is 0 Å². The van der Waals surface area contributed by atoms with Gasteiger partial charge in [0.1, 0.15) is 0 Å². The van der Waals surface area contributed by atoms with Gasteiger partial charge in [-0.2, -0.15) is 0 Å². The summed E-state index contributed by atoms with van der Waals surface area (Å²) < 4.78 is 2.45. The highest BCUT2D eigenvalue weighted by Crippen LogP contribution is 2.32. The maximum Gasteiger partial charge on any atom is 0.181 e. The van der Waals surface area contributed by atoms with E-state index in [4.69, 9.17) is 5.73 Å². The Morgan fingerprint density at radius 3 is 2.92 bits per heavy atom. The average Bonchev–Trinajstić information content (AvgIpc) is 2.65. The average molecular weight is 206 g/mol. The van der Waals surface area contributed by atoms with Gasteiger partial charge >= 0.3 is 0 Å². The molecule has 0 unspecified atom stereocenters. The van der Waals surface area contributed by atoms with Gasteiger partial charge in [0.2, 0.25) is 0 Å². The number of aromatic nitrogens is 1. The molecule has 3 rings (SSSR count). The van der Waals surface area contributed by atoms with E-state index in [1.165, 1.54) is 14.8 Å². The van der Waals surface area contributed by atoms with Crippen molar-refractivity contribution < 1.29 is 0 Å². The molecule has 0 amide bonds. The molecule has 3 aromatic rings. The summed E-state index contributed by atoms with van der Waals surface area (Å²) in [4.78, 5) is 4.32. The van der Waals surface area contributed by atoms with Gasteiger partial charge in [0.15, 0.2) is 5.13 Å². The van der Waals surface area contributed by atoms with Gasteiger partial charge in [-0.25, -0.2) is 4.98 Å². The lowest BCUT2D eigenvalue weighted by molar-refractivity contribution is 1.51. The minimum atomic E-state index is 0.647. The lowest BCUT2D eigenvalue weighted by Gasteiger charge is -1.88. The molecular formula is C9H6N2S2. The molecule has 0 aliphatic heterocycles. The fourth-order valence-electron chi connectivity index (χ4n) is 1.45. The Kier molecular flexibility index (Phi) is 1.36. The lowest BCUT2D eigenvalue weighted by atomic mass is 10.2. The van der Waals surface area contributed by atoms with E-state index in [-0.39, 0.29) is 0 Å². The molecule has 2 nitrogen and oxygen atoms in total. The van der Waals surface area contributed by atoms with Crippen molar-refractivity contribution >= 4 is 48.1 Å². The van der Waals surface area contributed by atoms with Gasteiger partial charge < -0.3 is 5.73 Å². The first-order valence-corrected chi connectivity index (χ1v) is 5.56. The minimum absolute atomic E-state index is 0.647. The standard InChI is InChI=1S/C9H6N2S2/c10-9-11-8-5-3-4-12-6(5)1-2-7(8)13-9/h1-4H,(H2,10,11). The topological polar surface area (TPSA) is 38.9 Å². The van der Waals surface area contributed by atoms with Crippen molar-refractivity contribution in [2.45, 2.75) is 0 Å². The third-order valence-electron chi connectivity index (χ3n) is 2.01. The molecule has 2 aromatic heterocycles. The van der Waals surface area contributed by atoms with Gasteiger partial charge in [-0.1, -0.05) is 11.3 Å². The highest BCUT2D eigenvalue weighted by Gasteiger charge is 2.05. The van der Waals surface area contributed by atoms with E-state index >= 15 is 0 Å². The Bertz CT molecular complexity index is 579. The van der Waals surface area contributed by atoms with Crippen molar-refractivity contribution in [2.75, 3.05) is 5.73 Å². The second kappa shape index (κ2) is 2.43. The summed E-state index contributed by atoms with van der Waals surface area (Å²) in [6, 6.07) is 6.31. The molecular weight excluding hydrogens is 200 g/mol. The Morgan fingerprint density at radius 2 is 2.00 bits per heavy atom. The van der Waals surface area contributed by atoms with Gasteiger partial charge in [-0.05, 0) is 23.6 Å². The number of benzene rings is 1. The molecule has 2 heterocycles. The van der Waals surface area contributed by atoms with Crippen molar-refractivity contribution in [3.8, 4) is 0 Å². The molecule has 0 bridgehead atoms. The lowest BCUT2D eigenvalue weighted by Crippen LogP contribution is -1.79. The van der Waals surface area contributed by atoms with Crippen LogP contribution < -0.4 is 5.73 Å². The zero-order valence-electron chi connectivity index (χ0n) is 6.65. The van der Waals surface area contributed by atoms with Crippen LogP contribution in [-0.2, 0) is 0 Å². The molecule has 1 aromatic carbocycles. The van der Waals surface area contributed by atoms with Gasteiger partial charge in [0.25, 0.3) is 0 Å². The number of thiazole rings is 1. The third-order valence-corrected chi connectivity index (χ3v) is 3.74. The van der Waals surface area contributed by atoms with Gasteiger partial charge in [0, 0.05) is 10.1 Å². The van der Waals surface area contributed by atoms with Crippen molar-refractivity contribution in [3.05, 3.63) is 23.6 Å². The molecule has 0 atom stereocenters. The van der Waals surface area contributed by atoms with Crippen LogP contribution in [0.4, 0.5) is 5.13 Å². The molecule has 0 saturated heterocycles. The Balaban J connectivity index is 2.64. The molecule has 13 heavy (non-hydrogen) atoms. The van der Waals surface area contributed by atoms with Crippen molar-refractivity contribution in [2.24, 2.45) is 0 Å². The number of thiophene rings is 1. The molecule has 0 radical (unpaired) electrons. The number of hydrogen-bond donors (Lipinski definition) is 1. The molecule has 0 aliphatic carbocycles. The van der Waals surface area contributed by atoms with Crippen molar-refractivity contribution in [3.63, 3.8) is 0 Å². The van der Waals surface area contributed by atoms with Crippen LogP contribution in [0.25, 0.3) is 20.3 Å². The second-order valence-corrected chi connectivity index (χ2v) is 4.81. The van der Waals surface area contributed by atoms with E-state index in [1.807, 2.05) is 0 Å². The number of hydrogen-bond acceptors (Lipinski definition) is 4. The SMILES string of the molecule is Nc1nc2c(ccc3sccc32)s1. The normalized spacial score (nSPS) is 11.4. The monoisotopic (exact) mass is 206 g/mol. The van der Waals surface area contributed by atoms with Crippen LogP contribution in [0, 0.1) is 0 Å². The number of fused-ring (bicyclic) bond motifs is 3. The minimum Gasteiger partial charge on any atom is -0.375 e. The summed E-state index contributed by atoms with van der Waals surface area (Å²) in [7, 11) is 0. The molecule has 0 fully saturated rings. The number of nitrogens with zero attached hydrogens (tertiary/aromatic N) is 1. The summed E-state index contributed by atoms with van der Waals surface area (Å²) in [6.45, 7) is 0. The van der Waals surface area contributed by atoms with E-state index in [0.29, 0.717) is 5.13 Å². The van der Waals surface area contributed by atoms with Crippen LogP contribution >= 0.6 is 22.7 Å². The largest absolute Gasteiger partial charge is 0.375 e. The van der Waals surface area contributed by atoms with E-state index in [0.717, 1.165) is 5.52 Å². The first-order valence-electron chi connectivity index (χ1n) is 3.87. The zero-order valence-corrected chi connectivity index (χ0v) is 8.28. The number of nitrogen functional groups attached to an aromatic ring is 1. The van der Waals surface area contributed by atoms with Crippen LogP contribution in [0.15, 0.2) is 23.6 Å². The Hall–Kier alpha value is -1.13. The summed E-state index contributed by atoms with van der Waals surface area (Å²) in [6.07, 6.45) is 0. The molecule has 0 saturated carbocycles. The number of rotatable bonds is 0. The van der Waals surface area contributed by atoms with E-state index in [1.54, 1.807) is 22.7 Å². The molecule has 0 aliphatic rings. The summed E-state index contributed by atoms with van der Waals surface area (Å²) in [5.41, 5.74) is 6.70. The van der Waals surface area contributed by atoms with Crippen molar-refractivity contribution in [1.82, 2.24) is 4.98 Å². The van der Waals surface area contributed by atoms with E-state index < -0.39 is 0 Å². The van der Waals surface area contributed by atoms with E-state index in [2.05, 4.69) is 28.6 Å². The Morgan fingerprint density at radius 1 is 1.15 bits per heavy atom. The number of anilines is 1. The fraction of sp³-hybridized carbons (Fsp3) is 0. The highest BCUT2D eigenvalue weighted by molar-refractivity contribution is 7.22. The quantitative estimate of drug-likeness (QED) is 0.614. The maximum absolute atomic E-state index is 5.66. The predicted octanol–water partition coefficient (Wildman–Crippen LogP) is 3.09. The smallest absolute Gasteiger partial charge is 0.181 e. The van der Waals surface area contributed by atoms with Crippen LogP contribution in [0.5, 0.6) is 0 Å². The first kappa shape index (κ1) is 7.29. The second-order valence-electron chi connectivity index (χ2n) is 2.80. The molecule has 64 valence electrons. The van der Waals surface area contributed by atoms with Crippen LogP contribution in [0.1, 0.15) is 0 Å².